The number of aromatic nitrogens is 3. The fourth-order valence-corrected chi connectivity index (χ4v) is 3.09. The maximum absolute atomic E-state index is 12.1. The lowest BCUT2D eigenvalue weighted by molar-refractivity contribution is -0.113. The number of carbonyl (C=O) groups excluding carboxylic acids is 1. The number of carbonyl (C=O) groups is 1. The molecule has 0 aliphatic heterocycles. The Morgan fingerprint density at radius 1 is 1.12 bits per heavy atom. The van der Waals surface area contributed by atoms with Crippen LogP contribution >= 0.6 is 23.4 Å². The molecule has 25 heavy (non-hydrogen) atoms. The SMILES string of the molecule is Cc1ccc(NC(=O)CSc2nnc(-c3ccc(Cl)cc3)n2C)cc1. The number of amides is 1. The fraction of sp³-hybridized carbons (Fsp3) is 0.167. The Kier molecular flexibility index (Phi) is 5.40. The highest BCUT2D eigenvalue weighted by Gasteiger charge is 2.13. The van der Waals surface area contributed by atoms with Crippen molar-refractivity contribution in [1.29, 1.82) is 0 Å². The van der Waals surface area contributed by atoms with Gasteiger partial charge in [0.2, 0.25) is 5.91 Å². The van der Waals surface area contributed by atoms with Crippen molar-refractivity contribution >= 4 is 35.0 Å². The lowest BCUT2D eigenvalue weighted by atomic mass is 10.2. The van der Waals surface area contributed by atoms with Gasteiger partial charge in [-0.3, -0.25) is 4.79 Å². The Morgan fingerprint density at radius 3 is 2.48 bits per heavy atom. The second kappa shape index (κ2) is 7.72. The summed E-state index contributed by atoms with van der Waals surface area (Å²) in [7, 11) is 1.88. The summed E-state index contributed by atoms with van der Waals surface area (Å²) in [5.74, 6) is 0.920. The van der Waals surface area contributed by atoms with Crippen molar-refractivity contribution in [3.8, 4) is 11.4 Å². The third-order valence-corrected chi connectivity index (χ3v) is 4.88. The zero-order valence-electron chi connectivity index (χ0n) is 13.9. The van der Waals surface area contributed by atoms with Crippen LogP contribution in [0.25, 0.3) is 11.4 Å². The van der Waals surface area contributed by atoms with E-state index in [1.165, 1.54) is 11.8 Å². The molecule has 0 aliphatic rings. The number of benzene rings is 2. The van der Waals surface area contributed by atoms with Crippen LogP contribution in [0.2, 0.25) is 5.02 Å². The van der Waals surface area contributed by atoms with Crippen LogP contribution in [0.1, 0.15) is 5.56 Å². The molecule has 1 aromatic heterocycles. The molecule has 5 nitrogen and oxygen atoms in total. The van der Waals surface area contributed by atoms with E-state index >= 15 is 0 Å². The highest BCUT2D eigenvalue weighted by Crippen LogP contribution is 2.24. The Hall–Kier alpha value is -2.31. The van der Waals surface area contributed by atoms with Crippen molar-refractivity contribution < 1.29 is 4.79 Å². The summed E-state index contributed by atoms with van der Waals surface area (Å²) < 4.78 is 1.87. The van der Waals surface area contributed by atoms with Gasteiger partial charge in [-0.25, -0.2) is 0 Å². The van der Waals surface area contributed by atoms with Gasteiger partial charge in [-0.05, 0) is 43.3 Å². The fourth-order valence-electron chi connectivity index (χ4n) is 2.25. The molecule has 0 atom stereocenters. The maximum atomic E-state index is 12.1. The van der Waals surface area contributed by atoms with Gasteiger partial charge >= 0.3 is 0 Å². The zero-order valence-corrected chi connectivity index (χ0v) is 15.4. The lowest BCUT2D eigenvalue weighted by Crippen LogP contribution is -2.14. The summed E-state index contributed by atoms with van der Waals surface area (Å²) in [5, 5.41) is 12.6. The van der Waals surface area contributed by atoms with Gasteiger partial charge in [-0.1, -0.05) is 41.1 Å². The highest BCUT2D eigenvalue weighted by atomic mass is 35.5. The van der Waals surface area contributed by atoms with Gasteiger partial charge in [-0.2, -0.15) is 0 Å². The van der Waals surface area contributed by atoms with Crippen LogP contribution in [0.15, 0.2) is 53.7 Å². The molecule has 0 aliphatic carbocycles. The smallest absolute Gasteiger partial charge is 0.234 e. The van der Waals surface area contributed by atoms with Gasteiger partial charge in [0, 0.05) is 23.3 Å². The van der Waals surface area contributed by atoms with Gasteiger partial charge < -0.3 is 9.88 Å². The Morgan fingerprint density at radius 2 is 1.80 bits per heavy atom. The third kappa shape index (κ3) is 4.41. The first-order chi connectivity index (χ1) is 12.0. The van der Waals surface area contributed by atoms with Crippen LogP contribution in [-0.2, 0) is 11.8 Å². The van der Waals surface area contributed by atoms with E-state index in [9.17, 15) is 4.79 Å². The van der Waals surface area contributed by atoms with Crippen molar-refractivity contribution in [3.63, 3.8) is 0 Å². The summed E-state index contributed by atoms with van der Waals surface area (Å²) in [6.45, 7) is 2.01. The van der Waals surface area contributed by atoms with Crippen molar-refractivity contribution in [1.82, 2.24) is 14.8 Å². The summed E-state index contributed by atoms with van der Waals surface area (Å²) >= 11 is 7.26. The van der Waals surface area contributed by atoms with Gasteiger partial charge in [0.25, 0.3) is 0 Å². The average Bonchev–Trinajstić information content (AvgIpc) is 2.97. The number of hydrogen-bond donors (Lipinski definition) is 1. The van der Waals surface area contributed by atoms with E-state index in [-0.39, 0.29) is 11.7 Å². The molecule has 2 aromatic carbocycles. The number of nitrogens with zero attached hydrogens (tertiary/aromatic N) is 3. The molecule has 7 heteroatoms. The van der Waals surface area contributed by atoms with Crippen LogP contribution in [0.5, 0.6) is 0 Å². The molecule has 1 heterocycles. The predicted molar refractivity (Wildman–Crippen MR) is 102 cm³/mol. The Balaban J connectivity index is 1.62. The molecule has 0 radical (unpaired) electrons. The van der Waals surface area contributed by atoms with E-state index in [1.807, 2.05) is 67.1 Å². The number of thioether (sulfide) groups is 1. The first-order valence-electron chi connectivity index (χ1n) is 7.67. The summed E-state index contributed by atoms with van der Waals surface area (Å²) in [6, 6.07) is 15.1. The molecular formula is C18H17ClN4OS. The highest BCUT2D eigenvalue weighted by molar-refractivity contribution is 7.99. The van der Waals surface area contributed by atoms with Crippen molar-refractivity contribution in [2.75, 3.05) is 11.1 Å². The first kappa shape index (κ1) is 17.5. The molecule has 1 N–H and O–H groups in total. The van der Waals surface area contributed by atoms with Crippen LogP contribution in [-0.4, -0.2) is 26.4 Å². The van der Waals surface area contributed by atoms with E-state index in [4.69, 9.17) is 11.6 Å². The number of hydrogen-bond acceptors (Lipinski definition) is 4. The monoisotopic (exact) mass is 372 g/mol. The summed E-state index contributed by atoms with van der Waals surface area (Å²) in [5.41, 5.74) is 2.87. The van der Waals surface area contributed by atoms with Gasteiger partial charge in [0.05, 0.1) is 5.75 Å². The van der Waals surface area contributed by atoms with Crippen molar-refractivity contribution in [3.05, 3.63) is 59.1 Å². The predicted octanol–water partition coefficient (Wildman–Crippen LogP) is 4.17. The number of rotatable bonds is 5. The standard InChI is InChI=1S/C18H17ClN4OS/c1-12-3-9-15(10-4-12)20-16(24)11-25-18-22-21-17(23(18)2)13-5-7-14(19)8-6-13/h3-10H,11H2,1-2H3,(H,20,24). The molecule has 3 rings (SSSR count). The molecule has 128 valence electrons. The molecule has 0 unspecified atom stereocenters. The molecule has 0 saturated carbocycles. The van der Waals surface area contributed by atoms with Crippen LogP contribution in [0.4, 0.5) is 5.69 Å². The largest absolute Gasteiger partial charge is 0.325 e. The van der Waals surface area contributed by atoms with Gasteiger partial charge in [0.15, 0.2) is 11.0 Å². The maximum Gasteiger partial charge on any atom is 0.234 e. The minimum atomic E-state index is -0.0788. The third-order valence-electron chi connectivity index (χ3n) is 3.61. The molecule has 3 aromatic rings. The molecule has 0 bridgehead atoms. The minimum Gasteiger partial charge on any atom is -0.325 e. The second-order valence-corrected chi connectivity index (χ2v) is 6.95. The first-order valence-corrected chi connectivity index (χ1v) is 9.04. The number of halogens is 1. The Labute approximate surface area is 155 Å². The van der Waals surface area contributed by atoms with Crippen LogP contribution in [0.3, 0.4) is 0 Å². The van der Waals surface area contributed by atoms with E-state index in [2.05, 4.69) is 15.5 Å². The van der Waals surface area contributed by atoms with E-state index < -0.39 is 0 Å². The van der Waals surface area contributed by atoms with Gasteiger partial charge in [-0.15, -0.1) is 10.2 Å². The normalized spacial score (nSPS) is 10.7. The van der Waals surface area contributed by atoms with Crippen molar-refractivity contribution in [2.45, 2.75) is 12.1 Å². The minimum absolute atomic E-state index is 0.0788. The molecule has 1 amide bonds. The van der Waals surface area contributed by atoms with E-state index in [0.717, 1.165) is 22.6 Å². The second-order valence-electron chi connectivity index (χ2n) is 5.57. The van der Waals surface area contributed by atoms with E-state index in [1.54, 1.807) is 0 Å². The number of nitrogens with one attached hydrogen (secondary N) is 1. The molecular weight excluding hydrogens is 356 g/mol. The average molecular weight is 373 g/mol. The zero-order chi connectivity index (χ0) is 17.8. The van der Waals surface area contributed by atoms with Crippen LogP contribution < -0.4 is 5.32 Å². The van der Waals surface area contributed by atoms with Crippen LogP contribution in [0, 0.1) is 6.92 Å². The summed E-state index contributed by atoms with van der Waals surface area (Å²) in [4.78, 5) is 12.1. The quantitative estimate of drug-likeness (QED) is 0.683. The lowest BCUT2D eigenvalue weighted by Gasteiger charge is -2.06. The number of anilines is 1. The van der Waals surface area contributed by atoms with Crippen molar-refractivity contribution in [2.24, 2.45) is 7.05 Å². The Bertz CT molecular complexity index is 875. The van der Waals surface area contributed by atoms with Gasteiger partial charge in [0.1, 0.15) is 0 Å². The molecule has 0 fully saturated rings. The number of aryl methyl sites for hydroxylation is 1. The summed E-state index contributed by atoms with van der Waals surface area (Å²) in [6.07, 6.45) is 0. The topological polar surface area (TPSA) is 59.8 Å². The van der Waals surface area contributed by atoms with E-state index in [0.29, 0.717) is 10.2 Å². The molecule has 0 saturated heterocycles. The molecule has 0 spiro atoms.